The van der Waals surface area contributed by atoms with E-state index in [0.29, 0.717) is 17.4 Å². The lowest BCUT2D eigenvalue weighted by atomic mass is 9.86. The normalized spacial score (nSPS) is 24.0. The zero-order valence-electron chi connectivity index (χ0n) is 11.8. The molecule has 1 aromatic heterocycles. The van der Waals surface area contributed by atoms with Crippen molar-refractivity contribution in [3.8, 4) is 0 Å². The van der Waals surface area contributed by atoms with Crippen LogP contribution in [-0.4, -0.2) is 20.0 Å². The molecule has 1 N–H and O–H groups in total. The summed E-state index contributed by atoms with van der Waals surface area (Å²) in [6, 6.07) is 9.46. The van der Waals surface area contributed by atoms with Crippen LogP contribution in [-0.2, 0) is 12.0 Å². The number of aliphatic hydroxyl groups is 1. The van der Waals surface area contributed by atoms with Crippen LogP contribution >= 0.6 is 15.9 Å². The first kappa shape index (κ1) is 14.5. The Morgan fingerprint density at radius 2 is 2.14 bits per heavy atom. The largest absolute Gasteiger partial charge is 0.379 e. The van der Waals surface area contributed by atoms with Crippen molar-refractivity contribution in [3.63, 3.8) is 0 Å². The van der Waals surface area contributed by atoms with E-state index in [4.69, 9.17) is 0 Å². The van der Waals surface area contributed by atoms with E-state index in [1.54, 1.807) is 10.8 Å². The van der Waals surface area contributed by atoms with Crippen LogP contribution in [0.5, 0.6) is 0 Å². The quantitative estimate of drug-likeness (QED) is 0.866. The fourth-order valence-electron chi connectivity index (χ4n) is 3.19. The van der Waals surface area contributed by atoms with Gasteiger partial charge in [-0.3, -0.25) is 4.57 Å². The van der Waals surface area contributed by atoms with Crippen LogP contribution in [0.1, 0.15) is 36.2 Å². The molecule has 0 amide bonds. The summed E-state index contributed by atoms with van der Waals surface area (Å²) >= 11 is 3.45. The van der Waals surface area contributed by atoms with E-state index in [0.717, 1.165) is 17.5 Å². The number of aryl methyl sites for hydroxylation is 1. The van der Waals surface area contributed by atoms with Gasteiger partial charge in [0.25, 0.3) is 0 Å². The Balaban J connectivity index is 2.30. The third-order valence-electron chi connectivity index (χ3n) is 4.18. The number of fused-ring (bicyclic) bond motifs is 1. The Morgan fingerprint density at radius 1 is 1.43 bits per heavy atom. The second-order valence-electron chi connectivity index (χ2n) is 5.38. The predicted molar refractivity (Wildman–Crippen MR) is 84.8 cm³/mol. The molecule has 2 atom stereocenters. The molecular weight excluding hydrogens is 332 g/mol. The first-order chi connectivity index (χ1) is 10.1. The number of nitrogens with zero attached hydrogens (tertiary/aromatic N) is 2. The molecule has 4 nitrogen and oxygen atoms in total. The molecule has 2 aromatic rings. The first-order valence-electron chi connectivity index (χ1n) is 7.06. The van der Waals surface area contributed by atoms with Gasteiger partial charge in [0.15, 0.2) is 0 Å². The van der Waals surface area contributed by atoms with Gasteiger partial charge in [-0.25, -0.2) is 9.78 Å². The van der Waals surface area contributed by atoms with Gasteiger partial charge in [0, 0.05) is 17.9 Å². The summed E-state index contributed by atoms with van der Waals surface area (Å²) in [5.74, 6) is 0. The molecule has 110 valence electrons. The minimum absolute atomic E-state index is 0.0864. The minimum Gasteiger partial charge on any atom is -0.379 e. The lowest BCUT2D eigenvalue weighted by molar-refractivity contribution is 0.0779. The van der Waals surface area contributed by atoms with Gasteiger partial charge in [0.1, 0.15) is 5.60 Å². The van der Waals surface area contributed by atoms with Crippen molar-refractivity contribution in [2.75, 3.05) is 5.33 Å². The van der Waals surface area contributed by atoms with Gasteiger partial charge in [-0.15, -0.1) is 0 Å². The number of hydrogen-bond acceptors (Lipinski definition) is 3. The van der Waals surface area contributed by atoms with Gasteiger partial charge in [0.2, 0.25) is 0 Å². The monoisotopic (exact) mass is 348 g/mol. The topological polar surface area (TPSA) is 55.1 Å². The molecule has 0 bridgehead atoms. The van der Waals surface area contributed by atoms with E-state index in [2.05, 4.69) is 20.9 Å². The van der Waals surface area contributed by atoms with E-state index < -0.39 is 5.60 Å². The van der Waals surface area contributed by atoms with Crippen LogP contribution in [0.4, 0.5) is 0 Å². The standard InChI is InChI=1S/C16H17BrN2O2/c1-2-11-10-18-15(20)19-13(9-17)8-16(21,14(11)19)12-6-4-3-5-7-12/h3-7,10,13,21H,2,8-9H2,1H3/t13-,16+/m0/s1. The summed E-state index contributed by atoms with van der Waals surface area (Å²) in [5, 5.41) is 12.0. The SMILES string of the molecule is CCc1cnc(=O)n2c1[C@](O)(c1ccccc1)C[C@H]2CBr. The molecule has 0 aliphatic carbocycles. The van der Waals surface area contributed by atoms with E-state index in [1.165, 1.54) is 0 Å². The van der Waals surface area contributed by atoms with Crippen LogP contribution < -0.4 is 5.69 Å². The average Bonchev–Trinajstić information content (AvgIpc) is 2.84. The number of hydrogen-bond donors (Lipinski definition) is 1. The third-order valence-corrected chi connectivity index (χ3v) is 4.93. The molecule has 1 aliphatic heterocycles. The highest BCUT2D eigenvalue weighted by Gasteiger charge is 2.45. The Hall–Kier alpha value is -1.46. The highest BCUT2D eigenvalue weighted by Crippen LogP contribution is 2.44. The lowest BCUT2D eigenvalue weighted by Crippen LogP contribution is -2.31. The first-order valence-corrected chi connectivity index (χ1v) is 8.18. The molecule has 5 heteroatoms. The van der Waals surface area contributed by atoms with Gasteiger partial charge in [-0.1, -0.05) is 53.2 Å². The van der Waals surface area contributed by atoms with Crippen LogP contribution in [0.2, 0.25) is 0 Å². The summed E-state index contributed by atoms with van der Waals surface area (Å²) in [5.41, 5.74) is 1.01. The summed E-state index contributed by atoms with van der Waals surface area (Å²) < 4.78 is 1.65. The van der Waals surface area contributed by atoms with Gasteiger partial charge >= 0.3 is 5.69 Å². The number of rotatable bonds is 3. The zero-order valence-corrected chi connectivity index (χ0v) is 13.4. The molecule has 0 fully saturated rings. The molecule has 0 radical (unpaired) electrons. The molecule has 0 unspecified atom stereocenters. The fourth-order valence-corrected chi connectivity index (χ4v) is 3.71. The number of benzene rings is 1. The molecular formula is C16H17BrN2O2. The van der Waals surface area contributed by atoms with Crippen LogP contribution in [0.25, 0.3) is 0 Å². The van der Waals surface area contributed by atoms with Crippen molar-refractivity contribution in [2.45, 2.75) is 31.4 Å². The Bertz CT molecular complexity index is 714. The van der Waals surface area contributed by atoms with Crippen molar-refractivity contribution in [2.24, 2.45) is 0 Å². The van der Waals surface area contributed by atoms with Crippen molar-refractivity contribution in [1.29, 1.82) is 0 Å². The van der Waals surface area contributed by atoms with Gasteiger partial charge in [-0.2, -0.15) is 0 Å². The molecule has 0 spiro atoms. The van der Waals surface area contributed by atoms with Crippen molar-refractivity contribution < 1.29 is 5.11 Å². The maximum atomic E-state index is 12.2. The second-order valence-corrected chi connectivity index (χ2v) is 6.02. The lowest BCUT2D eigenvalue weighted by Gasteiger charge is -2.25. The van der Waals surface area contributed by atoms with Crippen LogP contribution in [0.15, 0.2) is 41.3 Å². The number of alkyl halides is 1. The zero-order chi connectivity index (χ0) is 15.0. The maximum Gasteiger partial charge on any atom is 0.348 e. The maximum absolute atomic E-state index is 12.2. The number of halogens is 1. The minimum atomic E-state index is -1.13. The smallest absolute Gasteiger partial charge is 0.348 e. The van der Waals surface area contributed by atoms with E-state index in [9.17, 15) is 9.90 Å². The molecule has 0 saturated heterocycles. The van der Waals surface area contributed by atoms with Crippen molar-refractivity contribution in [3.05, 3.63) is 63.8 Å². The highest BCUT2D eigenvalue weighted by atomic mass is 79.9. The Kier molecular flexibility index (Phi) is 3.71. The molecule has 1 aliphatic rings. The number of aromatic nitrogens is 2. The van der Waals surface area contributed by atoms with E-state index >= 15 is 0 Å². The Morgan fingerprint density at radius 3 is 2.76 bits per heavy atom. The van der Waals surface area contributed by atoms with Gasteiger partial charge in [0.05, 0.1) is 11.7 Å². The second kappa shape index (κ2) is 5.39. The third kappa shape index (κ3) is 2.15. The van der Waals surface area contributed by atoms with E-state index in [1.807, 2.05) is 37.3 Å². The van der Waals surface area contributed by atoms with Crippen LogP contribution in [0, 0.1) is 0 Å². The fraction of sp³-hybridized carbons (Fsp3) is 0.375. The van der Waals surface area contributed by atoms with Crippen molar-refractivity contribution in [1.82, 2.24) is 9.55 Å². The molecule has 2 heterocycles. The summed E-state index contributed by atoms with van der Waals surface area (Å²) in [4.78, 5) is 16.1. The molecule has 21 heavy (non-hydrogen) atoms. The van der Waals surface area contributed by atoms with Gasteiger partial charge < -0.3 is 5.11 Å². The average molecular weight is 349 g/mol. The molecule has 3 rings (SSSR count). The predicted octanol–water partition coefficient (Wildman–Crippen LogP) is 2.38. The Labute approximate surface area is 131 Å². The van der Waals surface area contributed by atoms with E-state index in [-0.39, 0.29) is 11.7 Å². The van der Waals surface area contributed by atoms with Crippen LogP contribution in [0.3, 0.4) is 0 Å². The summed E-state index contributed by atoms with van der Waals surface area (Å²) in [6.07, 6.45) is 2.81. The summed E-state index contributed by atoms with van der Waals surface area (Å²) in [6.45, 7) is 2.01. The summed E-state index contributed by atoms with van der Waals surface area (Å²) in [7, 11) is 0. The molecule has 0 saturated carbocycles. The highest BCUT2D eigenvalue weighted by molar-refractivity contribution is 9.09. The van der Waals surface area contributed by atoms with Gasteiger partial charge in [-0.05, 0) is 17.5 Å². The molecule has 1 aromatic carbocycles. The van der Waals surface area contributed by atoms with Crippen molar-refractivity contribution >= 4 is 15.9 Å².